The molecular formula is C16H14F5NO4Si. The first-order chi connectivity index (χ1) is 12.5. The average Bonchev–Trinajstić information content (AvgIpc) is 2.62. The van der Waals surface area contributed by atoms with Crippen molar-refractivity contribution >= 4 is 19.2 Å². The second-order valence-corrected chi connectivity index (χ2v) is 9.82. The number of ether oxygens (including phenoxy) is 1. The number of hydrogen-bond donors (Lipinski definition) is 0. The van der Waals surface area contributed by atoms with Crippen LogP contribution in [0.15, 0.2) is 18.2 Å². The van der Waals surface area contributed by atoms with E-state index in [9.17, 15) is 32.1 Å². The van der Waals surface area contributed by atoms with E-state index in [2.05, 4.69) is 0 Å². The van der Waals surface area contributed by atoms with Gasteiger partial charge in [0.1, 0.15) is 0 Å². The van der Waals surface area contributed by atoms with E-state index < -0.39 is 47.5 Å². The lowest BCUT2D eigenvalue weighted by atomic mass is 10.2. The van der Waals surface area contributed by atoms with Crippen LogP contribution in [0.25, 0.3) is 0 Å². The molecule has 0 radical (unpaired) electrons. The highest BCUT2D eigenvalue weighted by molar-refractivity contribution is 6.84. The molecule has 0 aliphatic heterocycles. The van der Waals surface area contributed by atoms with Gasteiger partial charge < -0.3 is 9.16 Å². The summed E-state index contributed by atoms with van der Waals surface area (Å²) in [5.41, 5.74) is 0.0689. The van der Waals surface area contributed by atoms with Gasteiger partial charge in [-0.25, -0.2) is 22.0 Å². The van der Waals surface area contributed by atoms with Crippen molar-refractivity contribution in [1.82, 2.24) is 0 Å². The molecule has 2 rings (SSSR count). The van der Waals surface area contributed by atoms with Crippen LogP contribution in [-0.2, 0) is 11.0 Å². The van der Waals surface area contributed by atoms with Crippen LogP contribution in [0.2, 0.25) is 13.1 Å². The van der Waals surface area contributed by atoms with Crippen molar-refractivity contribution in [3.05, 3.63) is 63.0 Å². The van der Waals surface area contributed by atoms with E-state index in [1.807, 2.05) is 0 Å². The molecule has 5 nitrogen and oxygen atoms in total. The molecule has 2 aromatic rings. The summed E-state index contributed by atoms with van der Waals surface area (Å²) < 4.78 is 78.5. The molecule has 0 unspecified atom stereocenters. The topological polar surface area (TPSA) is 61.6 Å². The lowest BCUT2D eigenvalue weighted by Gasteiger charge is -2.25. The van der Waals surface area contributed by atoms with Crippen molar-refractivity contribution in [2.45, 2.75) is 19.7 Å². The normalized spacial score (nSPS) is 11.6. The number of halogens is 5. The zero-order valence-electron chi connectivity index (χ0n) is 14.4. The third-order valence-corrected chi connectivity index (χ3v) is 6.36. The molecule has 0 bridgehead atoms. The summed E-state index contributed by atoms with van der Waals surface area (Å²) in [6, 6.07) is 3.79. The second kappa shape index (κ2) is 7.60. The van der Waals surface area contributed by atoms with Gasteiger partial charge in [0.15, 0.2) is 29.0 Å². The summed E-state index contributed by atoms with van der Waals surface area (Å²) in [4.78, 5) is 10.2. The van der Waals surface area contributed by atoms with Gasteiger partial charge in [0, 0.05) is 11.3 Å². The number of methoxy groups -OCH3 is 1. The predicted molar refractivity (Wildman–Crippen MR) is 87.8 cm³/mol. The van der Waals surface area contributed by atoms with Crippen molar-refractivity contribution in [2.75, 3.05) is 7.11 Å². The van der Waals surface area contributed by atoms with Gasteiger partial charge in [-0.3, -0.25) is 10.1 Å². The third kappa shape index (κ3) is 3.93. The van der Waals surface area contributed by atoms with Crippen LogP contribution in [0.5, 0.6) is 5.75 Å². The molecule has 0 saturated carbocycles. The minimum absolute atomic E-state index is 0.0585. The summed E-state index contributed by atoms with van der Waals surface area (Å²) in [6.45, 7) is 2.27. The molecule has 0 aliphatic carbocycles. The van der Waals surface area contributed by atoms with Gasteiger partial charge >= 0.3 is 5.69 Å². The molecule has 0 amide bonds. The maximum absolute atomic E-state index is 14.0. The highest BCUT2D eigenvalue weighted by atomic mass is 28.4. The van der Waals surface area contributed by atoms with Gasteiger partial charge in [-0.2, -0.15) is 0 Å². The average molecular weight is 407 g/mol. The van der Waals surface area contributed by atoms with Gasteiger partial charge in [0.2, 0.25) is 14.1 Å². The van der Waals surface area contributed by atoms with Crippen LogP contribution in [-0.4, -0.2) is 20.4 Å². The molecule has 0 saturated heterocycles. The van der Waals surface area contributed by atoms with E-state index in [-0.39, 0.29) is 18.0 Å². The maximum atomic E-state index is 14.0. The number of benzene rings is 2. The van der Waals surface area contributed by atoms with E-state index in [1.54, 1.807) is 0 Å². The number of nitro groups is 1. The smallest absolute Gasteiger partial charge is 0.310 e. The molecule has 27 heavy (non-hydrogen) atoms. The quantitative estimate of drug-likeness (QED) is 0.182. The predicted octanol–water partition coefficient (Wildman–Crippen LogP) is 3.93. The van der Waals surface area contributed by atoms with Gasteiger partial charge in [-0.15, -0.1) is 0 Å². The first kappa shape index (κ1) is 20.8. The van der Waals surface area contributed by atoms with Gasteiger partial charge in [0.05, 0.1) is 18.6 Å². The molecule has 0 N–H and O–H groups in total. The molecule has 0 fully saturated rings. The van der Waals surface area contributed by atoms with Crippen LogP contribution in [0, 0.1) is 39.2 Å². The first-order valence-corrected chi connectivity index (χ1v) is 10.4. The molecule has 0 aromatic heterocycles. The monoisotopic (exact) mass is 407 g/mol. The molecule has 2 aromatic carbocycles. The van der Waals surface area contributed by atoms with Crippen molar-refractivity contribution in [3.8, 4) is 5.75 Å². The largest absolute Gasteiger partial charge is 0.490 e. The summed E-state index contributed by atoms with van der Waals surface area (Å²) in [5.74, 6) is -10.2. The molecule has 11 heteroatoms. The van der Waals surface area contributed by atoms with E-state index in [0.29, 0.717) is 5.56 Å². The van der Waals surface area contributed by atoms with Crippen LogP contribution in [0.4, 0.5) is 27.6 Å². The SMILES string of the molecule is COc1cc(CO[Si](C)(C)c2c(F)c(F)c(F)c(F)c2F)ccc1[N+](=O)[O-]. The molecule has 0 atom stereocenters. The van der Waals surface area contributed by atoms with Gasteiger partial charge in [-0.1, -0.05) is 0 Å². The maximum Gasteiger partial charge on any atom is 0.310 e. The Kier molecular flexibility index (Phi) is 5.85. The first-order valence-electron chi connectivity index (χ1n) is 7.48. The van der Waals surface area contributed by atoms with Gasteiger partial charge in [0.25, 0.3) is 0 Å². The van der Waals surface area contributed by atoms with Crippen LogP contribution in [0.1, 0.15) is 5.56 Å². The number of nitrogens with zero attached hydrogens (tertiary/aromatic N) is 1. The lowest BCUT2D eigenvalue weighted by Crippen LogP contribution is -2.49. The van der Waals surface area contributed by atoms with Crippen molar-refractivity contribution in [3.63, 3.8) is 0 Å². The fourth-order valence-corrected chi connectivity index (χ4v) is 4.38. The Labute approximate surface area is 151 Å². The Bertz CT molecular complexity index is 878. The van der Waals surface area contributed by atoms with E-state index in [0.717, 1.165) is 6.07 Å². The zero-order chi connectivity index (χ0) is 20.5. The fourth-order valence-electron chi connectivity index (χ4n) is 2.43. The number of nitro benzene ring substituents is 1. The highest BCUT2D eigenvalue weighted by Crippen LogP contribution is 2.28. The standard InChI is InChI=1S/C16H14F5NO4Si/c1-25-10-6-8(4-5-9(10)22(23)24)7-26-27(2,3)16-14(20)12(18)11(17)13(19)15(16)21/h4-6H,7H2,1-3H3. The van der Waals surface area contributed by atoms with Crippen LogP contribution >= 0.6 is 0 Å². The Morgan fingerprint density at radius 3 is 2.00 bits per heavy atom. The molecule has 0 spiro atoms. The summed E-state index contributed by atoms with van der Waals surface area (Å²) >= 11 is 0. The van der Waals surface area contributed by atoms with Crippen molar-refractivity contribution in [1.29, 1.82) is 0 Å². The summed E-state index contributed by atoms with van der Waals surface area (Å²) in [5, 5.41) is 9.90. The van der Waals surface area contributed by atoms with Crippen molar-refractivity contribution in [2.24, 2.45) is 0 Å². The van der Waals surface area contributed by atoms with E-state index >= 15 is 0 Å². The molecule has 0 heterocycles. The Morgan fingerprint density at radius 1 is 1.00 bits per heavy atom. The molecular weight excluding hydrogens is 393 g/mol. The molecule has 146 valence electrons. The van der Waals surface area contributed by atoms with Crippen LogP contribution < -0.4 is 9.92 Å². The van der Waals surface area contributed by atoms with E-state index in [4.69, 9.17) is 9.16 Å². The Balaban J connectivity index is 2.35. The fraction of sp³-hybridized carbons (Fsp3) is 0.250. The lowest BCUT2D eigenvalue weighted by molar-refractivity contribution is -0.385. The third-order valence-electron chi connectivity index (χ3n) is 3.85. The van der Waals surface area contributed by atoms with Gasteiger partial charge in [-0.05, 0) is 30.8 Å². The number of hydrogen-bond acceptors (Lipinski definition) is 4. The van der Waals surface area contributed by atoms with E-state index in [1.165, 1.54) is 32.3 Å². The highest BCUT2D eigenvalue weighted by Gasteiger charge is 2.38. The summed E-state index contributed by atoms with van der Waals surface area (Å²) in [6.07, 6.45) is 0. The minimum atomic E-state index is -3.57. The van der Waals surface area contributed by atoms with Crippen LogP contribution in [0.3, 0.4) is 0 Å². The molecule has 0 aliphatic rings. The van der Waals surface area contributed by atoms with Crippen molar-refractivity contribution < 1.29 is 36.0 Å². The zero-order valence-corrected chi connectivity index (χ0v) is 15.4. The number of rotatable bonds is 6. The minimum Gasteiger partial charge on any atom is -0.490 e. The Morgan fingerprint density at radius 2 is 1.52 bits per heavy atom. The second-order valence-electron chi connectivity index (χ2n) is 6.01. The summed E-state index contributed by atoms with van der Waals surface area (Å²) in [7, 11) is -2.35. The Hall–Kier alpha value is -2.53.